The van der Waals surface area contributed by atoms with E-state index >= 15 is 0 Å². The highest BCUT2D eigenvalue weighted by Crippen LogP contribution is 2.29. The number of aromatic nitrogens is 1. The van der Waals surface area contributed by atoms with Gasteiger partial charge in [0.15, 0.2) is 0 Å². The highest BCUT2D eigenvalue weighted by atomic mass is 32.1. The molecule has 1 N–H and O–H groups in total. The van der Waals surface area contributed by atoms with Crippen LogP contribution in [0, 0.1) is 17.0 Å². The minimum absolute atomic E-state index is 0.0599. The van der Waals surface area contributed by atoms with Crippen LogP contribution in [0.25, 0.3) is 21.8 Å². The van der Waals surface area contributed by atoms with E-state index in [4.69, 9.17) is 4.98 Å². The molecule has 0 aliphatic rings. The average Bonchev–Trinajstić information content (AvgIpc) is 3.29. The third-order valence-electron chi connectivity index (χ3n) is 4.97. The smallest absolute Gasteiger partial charge is 0.273 e. The van der Waals surface area contributed by atoms with E-state index in [1.165, 1.54) is 12.1 Å². The van der Waals surface area contributed by atoms with E-state index in [1.807, 2.05) is 60.0 Å². The second-order valence-electron chi connectivity index (χ2n) is 6.99. The fourth-order valence-corrected chi connectivity index (χ4v) is 4.09. The highest BCUT2D eigenvalue weighted by molar-refractivity contribution is 7.13. The van der Waals surface area contributed by atoms with Gasteiger partial charge in [-0.25, -0.2) is 4.98 Å². The summed E-state index contributed by atoms with van der Waals surface area (Å²) in [7, 11) is 0. The summed E-state index contributed by atoms with van der Waals surface area (Å²) in [5.74, 6) is -0.335. The molecule has 0 radical (unpaired) electrons. The largest absolute Gasteiger partial charge is 0.348 e. The van der Waals surface area contributed by atoms with Crippen molar-refractivity contribution in [1.82, 2.24) is 10.3 Å². The number of nitrogens with one attached hydrogen (secondary N) is 1. The standard InChI is InChI=1S/C24H19N3O3S/c1-16-20(8-5-9-22(16)27(29)30)23(28)25-14-17-10-12-19(13-11-17)24-26-21(15-31-24)18-6-3-2-4-7-18/h2-13,15H,14H2,1H3,(H,25,28). The van der Waals surface area contributed by atoms with E-state index in [0.29, 0.717) is 17.7 Å². The predicted molar refractivity (Wildman–Crippen MR) is 122 cm³/mol. The molecule has 0 bridgehead atoms. The molecule has 0 saturated heterocycles. The van der Waals surface area contributed by atoms with Gasteiger partial charge < -0.3 is 5.32 Å². The molecule has 6 nitrogen and oxygen atoms in total. The number of carbonyl (C=O) groups is 1. The van der Waals surface area contributed by atoms with Gasteiger partial charge in [-0.05, 0) is 18.6 Å². The molecule has 0 saturated carbocycles. The van der Waals surface area contributed by atoms with Crippen molar-refractivity contribution in [3.63, 3.8) is 0 Å². The molecule has 0 atom stereocenters. The third-order valence-corrected chi connectivity index (χ3v) is 5.87. The second kappa shape index (κ2) is 8.89. The Balaban J connectivity index is 1.43. The molecule has 0 unspecified atom stereocenters. The van der Waals surface area contributed by atoms with Gasteiger partial charge in [-0.15, -0.1) is 11.3 Å². The Morgan fingerprint density at radius 3 is 2.45 bits per heavy atom. The molecular weight excluding hydrogens is 410 g/mol. The van der Waals surface area contributed by atoms with Crippen molar-refractivity contribution < 1.29 is 9.72 Å². The Kier molecular flexibility index (Phi) is 5.86. The lowest BCUT2D eigenvalue weighted by Crippen LogP contribution is -2.23. The van der Waals surface area contributed by atoms with Crippen molar-refractivity contribution in [3.05, 3.63) is 105 Å². The van der Waals surface area contributed by atoms with Crippen molar-refractivity contribution >= 4 is 22.9 Å². The van der Waals surface area contributed by atoms with E-state index in [-0.39, 0.29) is 11.6 Å². The van der Waals surface area contributed by atoms with E-state index in [1.54, 1.807) is 24.3 Å². The Morgan fingerprint density at radius 2 is 1.74 bits per heavy atom. The number of carbonyl (C=O) groups excluding carboxylic acids is 1. The molecule has 1 aromatic heterocycles. The van der Waals surface area contributed by atoms with E-state index in [2.05, 4.69) is 5.32 Å². The van der Waals surface area contributed by atoms with Gasteiger partial charge in [0.1, 0.15) is 5.01 Å². The van der Waals surface area contributed by atoms with Crippen molar-refractivity contribution in [1.29, 1.82) is 0 Å². The quantitative estimate of drug-likeness (QED) is 0.318. The molecule has 0 aliphatic heterocycles. The lowest BCUT2D eigenvalue weighted by atomic mass is 10.1. The Hall–Kier alpha value is -3.84. The number of benzene rings is 3. The van der Waals surface area contributed by atoms with E-state index in [9.17, 15) is 14.9 Å². The second-order valence-corrected chi connectivity index (χ2v) is 7.85. The van der Waals surface area contributed by atoms with Crippen molar-refractivity contribution in [3.8, 4) is 21.8 Å². The Labute approximate surface area is 183 Å². The maximum Gasteiger partial charge on any atom is 0.273 e. The number of rotatable bonds is 6. The first-order chi connectivity index (χ1) is 15.0. The SMILES string of the molecule is Cc1c(C(=O)NCc2ccc(-c3nc(-c4ccccc4)cs3)cc2)cccc1[N+](=O)[O-]. The molecule has 0 fully saturated rings. The van der Waals surface area contributed by atoms with E-state index < -0.39 is 4.92 Å². The van der Waals surface area contributed by atoms with Crippen LogP contribution in [0.3, 0.4) is 0 Å². The van der Waals surface area contributed by atoms with Crippen LogP contribution in [0.1, 0.15) is 21.5 Å². The first-order valence-electron chi connectivity index (χ1n) is 9.65. The molecule has 1 amide bonds. The lowest BCUT2D eigenvalue weighted by Gasteiger charge is -2.08. The van der Waals surface area contributed by atoms with Crippen LogP contribution < -0.4 is 5.32 Å². The molecule has 3 aromatic carbocycles. The van der Waals surface area contributed by atoms with Gasteiger partial charge in [-0.2, -0.15) is 0 Å². The van der Waals surface area contributed by atoms with Crippen molar-refractivity contribution in [2.45, 2.75) is 13.5 Å². The number of hydrogen-bond acceptors (Lipinski definition) is 5. The maximum atomic E-state index is 12.5. The maximum absolute atomic E-state index is 12.5. The summed E-state index contributed by atoms with van der Waals surface area (Å²) in [4.78, 5) is 27.8. The molecule has 154 valence electrons. The number of nitro groups is 1. The molecule has 0 spiro atoms. The van der Waals surface area contributed by atoms with Gasteiger partial charge in [0, 0.05) is 40.2 Å². The van der Waals surface area contributed by atoms with Crippen LogP contribution in [-0.4, -0.2) is 15.8 Å². The molecule has 1 heterocycles. The zero-order valence-corrected chi connectivity index (χ0v) is 17.6. The normalized spacial score (nSPS) is 10.6. The summed E-state index contributed by atoms with van der Waals surface area (Å²) in [6.07, 6.45) is 0. The number of nitro benzene ring substituents is 1. The van der Waals surface area contributed by atoms with Crippen LogP contribution >= 0.6 is 11.3 Å². The average molecular weight is 430 g/mol. The minimum Gasteiger partial charge on any atom is -0.348 e. The molecule has 4 rings (SSSR count). The monoisotopic (exact) mass is 429 g/mol. The topological polar surface area (TPSA) is 85.1 Å². The summed E-state index contributed by atoms with van der Waals surface area (Å²) in [6.45, 7) is 1.91. The van der Waals surface area contributed by atoms with Crippen LogP contribution in [-0.2, 0) is 6.54 Å². The number of hydrogen-bond donors (Lipinski definition) is 1. The molecule has 4 aromatic rings. The zero-order chi connectivity index (χ0) is 21.8. The number of nitrogens with zero attached hydrogens (tertiary/aromatic N) is 2. The summed E-state index contributed by atoms with van der Waals surface area (Å²) in [6, 6.07) is 22.4. The van der Waals surface area contributed by atoms with Crippen LogP contribution in [0.2, 0.25) is 0 Å². The summed E-state index contributed by atoms with van der Waals surface area (Å²) < 4.78 is 0. The van der Waals surface area contributed by atoms with E-state index in [0.717, 1.165) is 27.4 Å². The van der Waals surface area contributed by atoms with Crippen molar-refractivity contribution in [2.24, 2.45) is 0 Å². The highest BCUT2D eigenvalue weighted by Gasteiger charge is 2.17. The summed E-state index contributed by atoms with van der Waals surface area (Å²) >= 11 is 1.59. The first kappa shape index (κ1) is 20.4. The van der Waals surface area contributed by atoms with Crippen LogP contribution in [0.15, 0.2) is 78.2 Å². The molecule has 31 heavy (non-hydrogen) atoms. The van der Waals surface area contributed by atoms with Gasteiger partial charge in [-0.1, -0.05) is 60.7 Å². The third kappa shape index (κ3) is 4.51. The summed E-state index contributed by atoms with van der Waals surface area (Å²) in [5.41, 5.74) is 4.58. The van der Waals surface area contributed by atoms with Crippen LogP contribution in [0.5, 0.6) is 0 Å². The Morgan fingerprint density at radius 1 is 1.00 bits per heavy atom. The Bertz CT molecular complexity index is 1230. The molecule has 7 heteroatoms. The molecule has 0 aliphatic carbocycles. The van der Waals surface area contributed by atoms with Crippen molar-refractivity contribution in [2.75, 3.05) is 0 Å². The molecular formula is C24H19N3O3S. The van der Waals surface area contributed by atoms with Gasteiger partial charge in [0.25, 0.3) is 11.6 Å². The number of thiazole rings is 1. The van der Waals surface area contributed by atoms with Gasteiger partial charge in [0.05, 0.1) is 10.6 Å². The lowest BCUT2D eigenvalue weighted by molar-refractivity contribution is -0.385. The zero-order valence-electron chi connectivity index (χ0n) is 16.7. The minimum atomic E-state index is -0.480. The fraction of sp³-hybridized carbons (Fsp3) is 0.0833. The van der Waals surface area contributed by atoms with Gasteiger partial charge >= 0.3 is 0 Å². The number of amides is 1. The fourth-order valence-electron chi connectivity index (χ4n) is 3.26. The summed E-state index contributed by atoms with van der Waals surface area (Å²) in [5, 5.41) is 16.9. The van der Waals surface area contributed by atoms with Crippen LogP contribution in [0.4, 0.5) is 5.69 Å². The van der Waals surface area contributed by atoms with Gasteiger partial charge in [-0.3, -0.25) is 14.9 Å². The predicted octanol–water partition coefficient (Wildman–Crippen LogP) is 5.62. The van der Waals surface area contributed by atoms with Gasteiger partial charge in [0.2, 0.25) is 0 Å². The first-order valence-corrected chi connectivity index (χ1v) is 10.5.